The average Bonchev–Trinajstić information content (AvgIpc) is 2.93. The summed E-state index contributed by atoms with van der Waals surface area (Å²) in [5.74, 6) is 2.52. The van der Waals surface area contributed by atoms with Crippen LogP contribution in [0.5, 0.6) is 11.5 Å². The number of benzene rings is 1. The molecule has 0 spiro atoms. The topological polar surface area (TPSA) is 38.8 Å². The third-order valence-corrected chi connectivity index (χ3v) is 4.74. The van der Waals surface area contributed by atoms with Crippen LogP contribution < -0.4 is 9.47 Å². The highest BCUT2D eigenvalue weighted by Crippen LogP contribution is 2.46. The van der Waals surface area contributed by atoms with Crippen molar-refractivity contribution in [1.29, 1.82) is 0 Å². The normalized spacial score (nSPS) is 18.7. The molecule has 0 saturated carbocycles. The highest BCUT2D eigenvalue weighted by Gasteiger charge is 2.37. The number of nitrogens with zero attached hydrogens (tertiary/aromatic N) is 1. The molecule has 1 amide bonds. The Hall–Kier alpha value is -1.36. The first-order valence-electron chi connectivity index (χ1n) is 7.03. The van der Waals surface area contributed by atoms with Crippen molar-refractivity contribution in [3.8, 4) is 11.5 Å². The second-order valence-electron chi connectivity index (χ2n) is 6.05. The molecule has 0 aromatic heterocycles. The van der Waals surface area contributed by atoms with Crippen LogP contribution in [0.15, 0.2) is 18.2 Å². The zero-order chi connectivity index (χ0) is 15.6. The van der Waals surface area contributed by atoms with E-state index in [0.717, 1.165) is 17.9 Å². The fraction of sp³-hybridized carbons (Fsp3) is 0.562. The number of hydrogen-bond acceptors (Lipinski definition) is 4. The highest BCUT2D eigenvalue weighted by molar-refractivity contribution is 7.99. The van der Waals surface area contributed by atoms with Gasteiger partial charge in [-0.15, -0.1) is 11.8 Å². The van der Waals surface area contributed by atoms with E-state index in [1.807, 2.05) is 43.9 Å². The molecular weight excluding hydrogens is 286 g/mol. The largest absolute Gasteiger partial charge is 0.493 e. The maximum atomic E-state index is 12.6. The lowest BCUT2D eigenvalue weighted by atomic mass is 9.94. The number of carbonyl (C=O) groups excluding carboxylic acids is 1. The number of amides is 1. The van der Waals surface area contributed by atoms with Gasteiger partial charge in [0.05, 0.1) is 14.2 Å². The van der Waals surface area contributed by atoms with Gasteiger partial charge in [-0.1, -0.05) is 32.9 Å². The van der Waals surface area contributed by atoms with Crippen LogP contribution in [0.1, 0.15) is 31.7 Å². The second-order valence-corrected chi connectivity index (χ2v) is 7.24. The third-order valence-electron chi connectivity index (χ3n) is 3.49. The van der Waals surface area contributed by atoms with E-state index in [2.05, 4.69) is 0 Å². The Labute approximate surface area is 130 Å². The van der Waals surface area contributed by atoms with Crippen molar-refractivity contribution in [2.45, 2.75) is 26.1 Å². The molecule has 1 aliphatic heterocycles. The summed E-state index contributed by atoms with van der Waals surface area (Å²) >= 11 is 1.77. The monoisotopic (exact) mass is 309 g/mol. The molecule has 0 bridgehead atoms. The van der Waals surface area contributed by atoms with E-state index in [0.29, 0.717) is 11.5 Å². The second kappa shape index (κ2) is 6.18. The van der Waals surface area contributed by atoms with Crippen molar-refractivity contribution < 1.29 is 14.3 Å². The van der Waals surface area contributed by atoms with Crippen LogP contribution >= 0.6 is 11.8 Å². The van der Waals surface area contributed by atoms with Gasteiger partial charge in [-0.25, -0.2) is 0 Å². The molecular formula is C16H23NO3S. The predicted octanol–water partition coefficient (Wildman–Crippen LogP) is 3.32. The van der Waals surface area contributed by atoms with E-state index in [-0.39, 0.29) is 16.7 Å². The highest BCUT2D eigenvalue weighted by atomic mass is 32.2. The van der Waals surface area contributed by atoms with Crippen molar-refractivity contribution in [3.05, 3.63) is 23.8 Å². The molecule has 0 radical (unpaired) electrons. The maximum absolute atomic E-state index is 12.6. The summed E-state index contributed by atoms with van der Waals surface area (Å²) in [6, 6.07) is 5.82. The summed E-state index contributed by atoms with van der Waals surface area (Å²) in [7, 11) is 3.26. The minimum Gasteiger partial charge on any atom is -0.493 e. The van der Waals surface area contributed by atoms with Crippen molar-refractivity contribution in [2.24, 2.45) is 5.41 Å². The fourth-order valence-electron chi connectivity index (χ4n) is 2.47. The van der Waals surface area contributed by atoms with Crippen LogP contribution in [-0.2, 0) is 4.79 Å². The molecule has 0 aliphatic carbocycles. The first-order valence-corrected chi connectivity index (χ1v) is 8.08. The van der Waals surface area contributed by atoms with Gasteiger partial charge in [0.25, 0.3) is 0 Å². The van der Waals surface area contributed by atoms with Gasteiger partial charge in [-0.3, -0.25) is 4.79 Å². The summed E-state index contributed by atoms with van der Waals surface area (Å²) in [5, 5.41) is -0.0122. The summed E-state index contributed by atoms with van der Waals surface area (Å²) in [6.07, 6.45) is 0. The van der Waals surface area contributed by atoms with E-state index in [1.54, 1.807) is 26.0 Å². The molecule has 1 aromatic carbocycles. The zero-order valence-corrected chi connectivity index (χ0v) is 14.1. The number of methoxy groups -OCH3 is 2. The van der Waals surface area contributed by atoms with E-state index in [4.69, 9.17) is 9.47 Å². The molecule has 1 atom stereocenters. The van der Waals surface area contributed by atoms with Crippen molar-refractivity contribution >= 4 is 17.7 Å². The number of rotatable bonds is 3. The molecule has 0 N–H and O–H groups in total. The van der Waals surface area contributed by atoms with Crippen LogP contribution in [0.3, 0.4) is 0 Å². The summed E-state index contributed by atoms with van der Waals surface area (Å²) < 4.78 is 10.9. The molecule has 1 heterocycles. The van der Waals surface area contributed by atoms with Gasteiger partial charge in [0, 0.05) is 23.3 Å². The predicted molar refractivity (Wildman–Crippen MR) is 85.9 cm³/mol. The number of carbonyl (C=O) groups is 1. The van der Waals surface area contributed by atoms with Gasteiger partial charge < -0.3 is 14.4 Å². The Kier molecular flexibility index (Phi) is 4.71. The minimum absolute atomic E-state index is 0.0122. The number of ether oxygens (including phenoxy) is 2. The van der Waals surface area contributed by atoms with Crippen LogP contribution in [0.4, 0.5) is 0 Å². The molecule has 116 valence electrons. The Bertz CT molecular complexity index is 525. The fourth-order valence-corrected chi connectivity index (χ4v) is 3.74. The van der Waals surface area contributed by atoms with E-state index < -0.39 is 0 Å². The molecule has 2 rings (SSSR count). The van der Waals surface area contributed by atoms with E-state index in [1.165, 1.54) is 0 Å². The Morgan fingerprint density at radius 2 is 2.00 bits per heavy atom. The lowest BCUT2D eigenvalue weighted by Gasteiger charge is -2.31. The molecule has 4 nitrogen and oxygen atoms in total. The number of hydrogen-bond donors (Lipinski definition) is 0. The van der Waals surface area contributed by atoms with Gasteiger partial charge >= 0.3 is 0 Å². The quantitative estimate of drug-likeness (QED) is 0.858. The first kappa shape index (κ1) is 16.0. The van der Waals surface area contributed by atoms with E-state index >= 15 is 0 Å². The standard InChI is InChI=1S/C16H23NO3S/c1-16(2,3)15(18)17-9-10-21-14(17)11-7-6-8-12(19-4)13(11)20-5/h6-8,14H,9-10H2,1-5H3. The van der Waals surface area contributed by atoms with Gasteiger partial charge in [0.15, 0.2) is 11.5 Å². The smallest absolute Gasteiger partial charge is 0.229 e. The lowest BCUT2D eigenvalue weighted by Crippen LogP contribution is -2.39. The Balaban J connectivity index is 2.39. The molecule has 21 heavy (non-hydrogen) atoms. The van der Waals surface area contributed by atoms with Crippen molar-refractivity contribution in [1.82, 2.24) is 4.90 Å². The van der Waals surface area contributed by atoms with Crippen molar-refractivity contribution in [3.63, 3.8) is 0 Å². The molecule has 5 heteroatoms. The number of thioether (sulfide) groups is 1. The Morgan fingerprint density at radius 3 is 2.57 bits per heavy atom. The van der Waals surface area contributed by atoms with Crippen LogP contribution in [0, 0.1) is 5.41 Å². The van der Waals surface area contributed by atoms with E-state index in [9.17, 15) is 4.79 Å². The molecule has 1 fully saturated rings. The average molecular weight is 309 g/mol. The van der Waals surface area contributed by atoms with Gasteiger partial charge in [0.1, 0.15) is 5.37 Å². The summed E-state index contributed by atoms with van der Waals surface area (Å²) in [5.41, 5.74) is 0.617. The lowest BCUT2D eigenvalue weighted by molar-refractivity contribution is -0.139. The molecule has 1 aromatic rings. The van der Waals surface area contributed by atoms with Crippen LogP contribution in [-0.4, -0.2) is 37.3 Å². The van der Waals surface area contributed by atoms with Crippen LogP contribution in [0.25, 0.3) is 0 Å². The van der Waals surface area contributed by atoms with Crippen molar-refractivity contribution in [2.75, 3.05) is 26.5 Å². The molecule has 1 unspecified atom stereocenters. The molecule has 1 saturated heterocycles. The zero-order valence-electron chi connectivity index (χ0n) is 13.3. The van der Waals surface area contributed by atoms with Gasteiger partial charge in [0.2, 0.25) is 5.91 Å². The van der Waals surface area contributed by atoms with Gasteiger partial charge in [-0.2, -0.15) is 0 Å². The SMILES string of the molecule is COc1cccc(C2SCCN2C(=O)C(C)(C)C)c1OC. The summed E-state index contributed by atoms with van der Waals surface area (Å²) in [6.45, 7) is 6.64. The minimum atomic E-state index is -0.380. The first-order chi connectivity index (χ1) is 9.90. The maximum Gasteiger partial charge on any atom is 0.229 e. The van der Waals surface area contributed by atoms with Gasteiger partial charge in [-0.05, 0) is 6.07 Å². The number of para-hydroxylation sites is 1. The molecule has 1 aliphatic rings. The summed E-state index contributed by atoms with van der Waals surface area (Å²) in [4.78, 5) is 14.6. The third kappa shape index (κ3) is 3.12. The Morgan fingerprint density at radius 1 is 1.29 bits per heavy atom. The van der Waals surface area contributed by atoms with Crippen LogP contribution in [0.2, 0.25) is 0 Å².